The molecule has 2 amide bonds. The van der Waals surface area contributed by atoms with Crippen LogP contribution in [0.3, 0.4) is 0 Å². The maximum Gasteiger partial charge on any atom is 0.303 e. The number of rotatable bonds is 11. The first kappa shape index (κ1) is 28.8. The van der Waals surface area contributed by atoms with Gasteiger partial charge in [0.25, 0.3) is 11.8 Å². The number of nitrogens with one attached hydrogen (secondary N) is 1. The van der Waals surface area contributed by atoms with E-state index in [1.54, 1.807) is 49.5 Å². The van der Waals surface area contributed by atoms with Gasteiger partial charge in [0.15, 0.2) is 0 Å². The van der Waals surface area contributed by atoms with E-state index in [4.69, 9.17) is 9.94 Å². The zero-order chi connectivity index (χ0) is 29.2. The molecular formula is C33H31N3O5. The zero-order valence-electron chi connectivity index (χ0n) is 22.9. The maximum atomic E-state index is 13.3. The Bertz CT molecular complexity index is 1550. The van der Waals surface area contributed by atoms with Crippen molar-refractivity contribution in [2.45, 2.75) is 19.8 Å². The minimum Gasteiger partial charge on any atom is -0.481 e. The summed E-state index contributed by atoms with van der Waals surface area (Å²) < 4.78 is 0. The zero-order valence-corrected chi connectivity index (χ0v) is 22.9. The summed E-state index contributed by atoms with van der Waals surface area (Å²) in [6.07, 6.45) is 1.85. The number of carboxylic acids is 1. The molecule has 0 radical (unpaired) electrons. The highest BCUT2D eigenvalue weighted by Gasteiger charge is 2.17. The lowest BCUT2D eigenvalue weighted by Crippen LogP contribution is -2.27. The highest BCUT2D eigenvalue weighted by Crippen LogP contribution is 2.25. The topological polar surface area (TPSA) is 108 Å². The summed E-state index contributed by atoms with van der Waals surface area (Å²) >= 11 is 0. The third-order valence-electron chi connectivity index (χ3n) is 6.42. The van der Waals surface area contributed by atoms with Crippen molar-refractivity contribution in [2.24, 2.45) is 5.16 Å². The molecule has 0 aliphatic heterocycles. The number of anilines is 2. The van der Waals surface area contributed by atoms with E-state index in [9.17, 15) is 14.4 Å². The first-order chi connectivity index (χ1) is 19.8. The summed E-state index contributed by atoms with van der Waals surface area (Å²) in [6.45, 7) is 2.20. The van der Waals surface area contributed by atoms with Crippen molar-refractivity contribution in [2.75, 3.05) is 23.9 Å². The van der Waals surface area contributed by atoms with Crippen LogP contribution in [0.25, 0.3) is 11.1 Å². The summed E-state index contributed by atoms with van der Waals surface area (Å²) in [5.74, 6) is -1.37. The van der Waals surface area contributed by atoms with Crippen LogP contribution in [0.15, 0.2) is 102 Å². The number of benzene rings is 4. The normalized spacial score (nSPS) is 10.8. The van der Waals surface area contributed by atoms with Crippen LogP contribution < -0.4 is 10.2 Å². The van der Waals surface area contributed by atoms with E-state index in [-0.39, 0.29) is 24.8 Å². The Balaban J connectivity index is 1.42. The van der Waals surface area contributed by atoms with Gasteiger partial charge in [-0.05, 0) is 60.9 Å². The van der Waals surface area contributed by atoms with Gasteiger partial charge >= 0.3 is 5.97 Å². The van der Waals surface area contributed by atoms with Gasteiger partial charge in [0.1, 0.15) is 6.61 Å². The van der Waals surface area contributed by atoms with E-state index in [0.29, 0.717) is 34.5 Å². The van der Waals surface area contributed by atoms with Crippen LogP contribution >= 0.6 is 0 Å². The number of carbonyl (C=O) groups is 3. The van der Waals surface area contributed by atoms with E-state index in [1.807, 2.05) is 61.5 Å². The van der Waals surface area contributed by atoms with Crippen LogP contribution in [0.1, 0.15) is 44.7 Å². The van der Waals surface area contributed by atoms with Crippen LogP contribution in [0.4, 0.5) is 11.4 Å². The quantitative estimate of drug-likeness (QED) is 0.128. The van der Waals surface area contributed by atoms with E-state index >= 15 is 0 Å². The van der Waals surface area contributed by atoms with Crippen molar-refractivity contribution in [3.8, 4) is 11.1 Å². The molecule has 4 rings (SSSR count). The lowest BCUT2D eigenvalue weighted by atomic mass is 9.98. The van der Waals surface area contributed by atoms with Gasteiger partial charge in [-0.25, -0.2) is 0 Å². The Morgan fingerprint density at radius 2 is 1.59 bits per heavy atom. The highest BCUT2D eigenvalue weighted by atomic mass is 16.6. The predicted octanol–water partition coefficient (Wildman–Crippen LogP) is 6.41. The molecule has 0 fully saturated rings. The second kappa shape index (κ2) is 13.7. The SMILES string of the molecule is Cc1ccc(-c2ccccc2C(=O)Nc2ccc(C(=O)N(C)c3ccccc3/C=N/OCCCC(=O)O)cc2)cc1. The predicted molar refractivity (Wildman–Crippen MR) is 161 cm³/mol. The van der Waals surface area contributed by atoms with Gasteiger partial charge in [-0.3, -0.25) is 14.4 Å². The lowest BCUT2D eigenvalue weighted by Gasteiger charge is -2.19. The number of aliphatic carboxylic acids is 1. The molecule has 0 bridgehead atoms. The molecular weight excluding hydrogens is 518 g/mol. The smallest absolute Gasteiger partial charge is 0.303 e. The largest absolute Gasteiger partial charge is 0.481 e. The molecule has 0 aliphatic carbocycles. The molecule has 41 heavy (non-hydrogen) atoms. The minimum atomic E-state index is -0.887. The average molecular weight is 550 g/mol. The first-order valence-electron chi connectivity index (χ1n) is 13.1. The molecule has 8 nitrogen and oxygen atoms in total. The Kier molecular flexibility index (Phi) is 9.62. The van der Waals surface area contributed by atoms with Gasteiger partial charge in [-0.1, -0.05) is 71.4 Å². The van der Waals surface area contributed by atoms with E-state index in [0.717, 1.165) is 16.7 Å². The molecule has 0 heterocycles. The number of carbonyl (C=O) groups excluding carboxylic acids is 2. The van der Waals surface area contributed by atoms with Crippen molar-refractivity contribution in [1.29, 1.82) is 0 Å². The van der Waals surface area contributed by atoms with Gasteiger partial charge in [0.05, 0.1) is 11.9 Å². The van der Waals surface area contributed by atoms with Crippen molar-refractivity contribution in [1.82, 2.24) is 0 Å². The lowest BCUT2D eigenvalue weighted by molar-refractivity contribution is -0.137. The van der Waals surface area contributed by atoms with E-state index in [1.165, 1.54) is 11.1 Å². The van der Waals surface area contributed by atoms with Gasteiger partial charge in [0.2, 0.25) is 0 Å². The Morgan fingerprint density at radius 3 is 2.32 bits per heavy atom. The molecule has 2 N–H and O–H groups in total. The highest BCUT2D eigenvalue weighted by molar-refractivity contribution is 6.10. The van der Waals surface area contributed by atoms with Crippen LogP contribution in [-0.4, -0.2) is 42.8 Å². The summed E-state index contributed by atoms with van der Waals surface area (Å²) in [7, 11) is 1.67. The minimum absolute atomic E-state index is 0.00649. The van der Waals surface area contributed by atoms with Crippen molar-refractivity contribution in [3.05, 3.63) is 119 Å². The molecule has 0 saturated carbocycles. The molecule has 4 aromatic rings. The fraction of sp³-hybridized carbons (Fsp3) is 0.152. The van der Waals surface area contributed by atoms with Gasteiger partial charge in [0, 0.05) is 35.8 Å². The van der Waals surface area contributed by atoms with Crippen molar-refractivity contribution >= 4 is 35.4 Å². The third-order valence-corrected chi connectivity index (χ3v) is 6.42. The average Bonchev–Trinajstić information content (AvgIpc) is 2.99. The second-order valence-corrected chi connectivity index (χ2v) is 9.43. The molecule has 0 aliphatic rings. The van der Waals surface area contributed by atoms with Crippen LogP contribution in [-0.2, 0) is 9.63 Å². The van der Waals surface area contributed by atoms with E-state index < -0.39 is 5.97 Å². The standard InChI is InChI=1S/C33H31N3O5/c1-23-13-15-24(16-14-23)28-9-4-5-10-29(28)32(39)35-27-19-17-25(18-20-27)33(40)36(2)30-11-6-3-8-26(30)22-34-41-21-7-12-31(37)38/h3-6,8-11,13-20,22H,7,12,21H2,1-2H3,(H,35,39)(H,37,38)/b34-22+. The summed E-state index contributed by atoms with van der Waals surface area (Å²) in [4.78, 5) is 43.7. The molecule has 4 aromatic carbocycles. The summed E-state index contributed by atoms with van der Waals surface area (Å²) in [5.41, 5.74) is 5.81. The number of amides is 2. The number of oxime groups is 1. The van der Waals surface area contributed by atoms with Crippen molar-refractivity contribution < 1.29 is 24.3 Å². The fourth-order valence-electron chi connectivity index (χ4n) is 4.20. The first-order valence-corrected chi connectivity index (χ1v) is 13.1. The van der Waals surface area contributed by atoms with Gasteiger partial charge < -0.3 is 20.2 Å². The number of nitrogens with zero attached hydrogens (tertiary/aromatic N) is 2. The molecule has 0 aromatic heterocycles. The van der Waals surface area contributed by atoms with Crippen molar-refractivity contribution in [3.63, 3.8) is 0 Å². The van der Waals surface area contributed by atoms with Crippen LogP contribution in [0, 0.1) is 6.92 Å². The Morgan fingerprint density at radius 1 is 0.902 bits per heavy atom. The summed E-state index contributed by atoms with van der Waals surface area (Å²) in [5, 5.41) is 15.5. The molecule has 0 spiro atoms. The molecule has 208 valence electrons. The van der Waals surface area contributed by atoms with Gasteiger partial charge in [-0.15, -0.1) is 0 Å². The van der Waals surface area contributed by atoms with Crippen LogP contribution in [0.2, 0.25) is 0 Å². The molecule has 8 heteroatoms. The fourth-order valence-corrected chi connectivity index (χ4v) is 4.20. The number of hydrogen-bond donors (Lipinski definition) is 2. The Hall–Kier alpha value is -5.24. The number of hydrogen-bond acceptors (Lipinski definition) is 5. The molecule has 0 saturated heterocycles. The third kappa shape index (κ3) is 7.67. The Labute approximate surface area is 238 Å². The van der Waals surface area contributed by atoms with Crippen LogP contribution in [0.5, 0.6) is 0 Å². The maximum absolute atomic E-state index is 13.3. The number of carboxylic acid groups (broad SMARTS) is 1. The summed E-state index contributed by atoms with van der Waals surface area (Å²) in [6, 6.07) is 29.4. The monoisotopic (exact) mass is 549 g/mol. The molecule has 0 atom stereocenters. The van der Waals surface area contributed by atoms with E-state index in [2.05, 4.69) is 10.5 Å². The number of aryl methyl sites for hydroxylation is 1. The second-order valence-electron chi connectivity index (χ2n) is 9.43. The number of para-hydroxylation sites is 1. The molecule has 0 unspecified atom stereocenters. The van der Waals surface area contributed by atoms with Gasteiger partial charge in [-0.2, -0.15) is 0 Å².